The van der Waals surface area contributed by atoms with Gasteiger partial charge in [-0.25, -0.2) is 15.0 Å². The van der Waals surface area contributed by atoms with Gasteiger partial charge in [-0.15, -0.1) is 0 Å². The summed E-state index contributed by atoms with van der Waals surface area (Å²) in [5.41, 5.74) is 7.58. The van der Waals surface area contributed by atoms with Crippen LogP contribution in [0.5, 0.6) is 0 Å². The molecule has 2 N–H and O–H groups in total. The number of aromatic nitrogens is 6. The van der Waals surface area contributed by atoms with Crippen molar-refractivity contribution in [1.29, 1.82) is 0 Å². The second-order valence-corrected chi connectivity index (χ2v) is 4.74. The number of nitrogens with zero attached hydrogens (tertiary/aromatic N) is 6. The van der Waals surface area contributed by atoms with E-state index in [9.17, 15) is 0 Å². The summed E-state index contributed by atoms with van der Waals surface area (Å²) in [5.74, 6) is 1.37. The normalized spacial score (nSPS) is 11.2. The van der Waals surface area contributed by atoms with E-state index in [0.717, 1.165) is 5.69 Å². The summed E-state index contributed by atoms with van der Waals surface area (Å²) >= 11 is 0. The summed E-state index contributed by atoms with van der Waals surface area (Å²) in [6, 6.07) is 0. The molecule has 102 valence electrons. The van der Waals surface area contributed by atoms with Crippen molar-refractivity contribution < 1.29 is 0 Å². The van der Waals surface area contributed by atoms with E-state index in [4.69, 9.17) is 5.73 Å². The van der Waals surface area contributed by atoms with Crippen molar-refractivity contribution in [3.05, 3.63) is 43.1 Å². The SMILES string of the molecule is CC(C)c1nc(-n2ccnc2)nc(-n2ccnc2)c1N. The van der Waals surface area contributed by atoms with E-state index in [1.165, 1.54) is 0 Å². The van der Waals surface area contributed by atoms with Gasteiger partial charge < -0.3 is 5.73 Å². The van der Waals surface area contributed by atoms with Crippen LogP contribution >= 0.6 is 0 Å². The molecule has 3 aromatic heterocycles. The highest BCUT2D eigenvalue weighted by atomic mass is 15.2. The second kappa shape index (κ2) is 4.76. The fraction of sp³-hybridized carbons (Fsp3) is 0.231. The smallest absolute Gasteiger partial charge is 0.237 e. The van der Waals surface area contributed by atoms with Crippen molar-refractivity contribution in [2.45, 2.75) is 19.8 Å². The maximum Gasteiger partial charge on any atom is 0.237 e. The molecular formula is C13H15N7. The Kier molecular flexibility index (Phi) is 2.94. The van der Waals surface area contributed by atoms with E-state index in [2.05, 4.69) is 19.9 Å². The van der Waals surface area contributed by atoms with Crippen LogP contribution in [0.25, 0.3) is 11.8 Å². The summed E-state index contributed by atoms with van der Waals surface area (Å²) in [5, 5.41) is 0. The first-order valence-electron chi connectivity index (χ1n) is 6.31. The predicted molar refractivity (Wildman–Crippen MR) is 74.8 cm³/mol. The van der Waals surface area contributed by atoms with Crippen molar-refractivity contribution in [2.24, 2.45) is 0 Å². The summed E-state index contributed by atoms with van der Waals surface area (Å²) in [6.45, 7) is 4.10. The Hall–Kier alpha value is -2.70. The van der Waals surface area contributed by atoms with Crippen LogP contribution in [0, 0.1) is 0 Å². The van der Waals surface area contributed by atoms with Crippen LogP contribution in [0.15, 0.2) is 37.4 Å². The molecule has 0 spiro atoms. The van der Waals surface area contributed by atoms with Gasteiger partial charge in [-0.05, 0) is 5.92 Å². The van der Waals surface area contributed by atoms with Gasteiger partial charge in [0.15, 0.2) is 5.82 Å². The fourth-order valence-electron chi connectivity index (χ4n) is 1.98. The first-order valence-corrected chi connectivity index (χ1v) is 6.31. The average molecular weight is 269 g/mol. The molecule has 7 nitrogen and oxygen atoms in total. The molecule has 0 aliphatic heterocycles. The van der Waals surface area contributed by atoms with Gasteiger partial charge in [0.05, 0.1) is 11.4 Å². The van der Waals surface area contributed by atoms with Crippen LogP contribution in [0.3, 0.4) is 0 Å². The molecule has 3 heterocycles. The third-order valence-electron chi connectivity index (χ3n) is 2.97. The van der Waals surface area contributed by atoms with E-state index >= 15 is 0 Å². The lowest BCUT2D eigenvalue weighted by molar-refractivity contribution is 0.785. The van der Waals surface area contributed by atoms with Crippen LogP contribution in [0.1, 0.15) is 25.5 Å². The number of hydrogen-bond acceptors (Lipinski definition) is 5. The highest BCUT2D eigenvalue weighted by Gasteiger charge is 2.16. The molecule has 0 radical (unpaired) electrons. The van der Waals surface area contributed by atoms with Crippen LogP contribution in [0.2, 0.25) is 0 Å². The largest absolute Gasteiger partial charge is 0.394 e. The molecule has 0 saturated carbocycles. The Labute approximate surface area is 116 Å². The number of rotatable bonds is 3. The standard InChI is InChI=1S/C13H15N7/c1-9(2)11-10(14)12(19-5-3-15-7-19)18-13(17-11)20-6-4-16-8-20/h3-9H,14H2,1-2H3. The molecule has 0 unspecified atom stereocenters. The van der Waals surface area contributed by atoms with Gasteiger partial charge in [0.25, 0.3) is 0 Å². The topological polar surface area (TPSA) is 87.4 Å². The first kappa shape index (κ1) is 12.3. The maximum absolute atomic E-state index is 6.20. The van der Waals surface area contributed by atoms with E-state index in [0.29, 0.717) is 17.5 Å². The van der Waals surface area contributed by atoms with Gasteiger partial charge in [0.1, 0.15) is 12.7 Å². The van der Waals surface area contributed by atoms with Gasteiger partial charge in [0, 0.05) is 24.8 Å². The van der Waals surface area contributed by atoms with Crippen molar-refractivity contribution in [2.75, 3.05) is 5.73 Å². The van der Waals surface area contributed by atoms with Crippen molar-refractivity contribution in [3.8, 4) is 11.8 Å². The lowest BCUT2D eigenvalue weighted by Crippen LogP contribution is -2.12. The van der Waals surface area contributed by atoms with Crippen molar-refractivity contribution in [3.63, 3.8) is 0 Å². The number of nitrogen functional groups attached to an aromatic ring is 1. The molecule has 0 aromatic carbocycles. The van der Waals surface area contributed by atoms with Gasteiger partial charge in [-0.1, -0.05) is 13.8 Å². The highest BCUT2D eigenvalue weighted by Crippen LogP contribution is 2.25. The Morgan fingerprint density at radius 3 is 2.20 bits per heavy atom. The molecule has 0 saturated heterocycles. The third kappa shape index (κ3) is 2.03. The monoisotopic (exact) mass is 269 g/mol. The maximum atomic E-state index is 6.20. The predicted octanol–water partition coefficient (Wildman–Crippen LogP) is 1.55. The second-order valence-electron chi connectivity index (χ2n) is 4.74. The van der Waals surface area contributed by atoms with E-state index in [1.807, 2.05) is 13.8 Å². The Morgan fingerprint density at radius 2 is 1.65 bits per heavy atom. The third-order valence-corrected chi connectivity index (χ3v) is 2.97. The molecule has 0 atom stereocenters. The van der Waals surface area contributed by atoms with E-state index in [1.54, 1.807) is 46.6 Å². The van der Waals surface area contributed by atoms with Crippen LogP contribution < -0.4 is 5.73 Å². The van der Waals surface area contributed by atoms with Crippen LogP contribution in [0.4, 0.5) is 5.69 Å². The molecule has 3 aromatic rings. The van der Waals surface area contributed by atoms with Gasteiger partial charge in [-0.3, -0.25) is 9.13 Å². The molecule has 0 aliphatic carbocycles. The van der Waals surface area contributed by atoms with Crippen LogP contribution in [-0.4, -0.2) is 29.1 Å². The minimum atomic E-state index is 0.197. The van der Waals surface area contributed by atoms with Crippen molar-refractivity contribution >= 4 is 5.69 Å². The van der Waals surface area contributed by atoms with E-state index in [-0.39, 0.29) is 5.92 Å². The Bertz CT molecular complexity index is 699. The van der Waals surface area contributed by atoms with Gasteiger partial charge in [0.2, 0.25) is 5.95 Å². The number of nitrogens with two attached hydrogens (primary N) is 1. The van der Waals surface area contributed by atoms with Gasteiger partial charge in [-0.2, -0.15) is 4.98 Å². The number of imidazole rings is 2. The summed E-state index contributed by atoms with van der Waals surface area (Å²) in [7, 11) is 0. The zero-order valence-electron chi connectivity index (χ0n) is 11.3. The fourth-order valence-corrected chi connectivity index (χ4v) is 1.98. The highest BCUT2D eigenvalue weighted by molar-refractivity contribution is 5.58. The summed E-state index contributed by atoms with van der Waals surface area (Å²) in [4.78, 5) is 17.1. The Morgan fingerprint density at radius 1 is 1.00 bits per heavy atom. The minimum Gasteiger partial charge on any atom is -0.394 e. The molecule has 0 bridgehead atoms. The molecule has 3 rings (SSSR count). The van der Waals surface area contributed by atoms with Gasteiger partial charge >= 0.3 is 0 Å². The van der Waals surface area contributed by atoms with Crippen molar-refractivity contribution in [1.82, 2.24) is 29.1 Å². The number of anilines is 1. The Balaban J connectivity index is 2.23. The summed E-state index contributed by atoms with van der Waals surface area (Å²) in [6.07, 6.45) is 10.3. The molecule has 20 heavy (non-hydrogen) atoms. The molecule has 0 fully saturated rings. The molecule has 7 heteroatoms. The molecule has 0 amide bonds. The first-order chi connectivity index (χ1) is 9.66. The average Bonchev–Trinajstić information content (AvgIpc) is 3.12. The molecule has 0 aliphatic rings. The minimum absolute atomic E-state index is 0.197. The van der Waals surface area contributed by atoms with Crippen LogP contribution in [-0.2, 0) is 0 Å². The van der Waals surface area contributed by atoms with E-state index < -0.39 is 0 Å². The lowest BCUT2D eigenvalue weighted by Gasteiger charge is -2.14. The summed E-state index contributed by atoms with van der Waals surface area (Å²) < 4.78 is 3.54. The zero-order chi connectivity index (χ0) is 14.1. The lowest BCUT2D eigenvalue weighted by atomic mass is 10.1. The number of hydrogen-bond donors (Lipinski definition) is 1. The molecular weight excluding hydrogens is 254 g/mol. The zero-order valence-corrected chi connectivity index (χ0v) is 11.3. The quantitative estimate of drug-likeness (QED) is 0.779.